The Bertz CT molecular complexity index is 1260. The van der Waals surface area contributed by atoms with E-state index in [1.54, 1.807) is 12.1 Å². The number of hydrogen-bond donors (Lipinski definition) is 0. The summed E-state index contributed by atoms with van der Waals surface area (Å²) in [7, 11) is 0. The SMILES string of the molecule is C[C@H](C(=O)c1ccc(Cl)cc1)N(C(=O)c1ccc(Cl)cc1Cl)N1C(=O)[C@@H]2[C@H]3C[C@@H]([C@H](Br)[C@H]3Br)[C@H]2C1=O. The van der Waals surface area contributed by atoms with Gasteiger partial charge in [-0.05, 0) is 67.6 Å². The van der Waals surface area contributed by atoms with E-state index in [-0.39, 0.29) is 37.6 Å². The second kappa shape index (κ2) is 9.70. The van der Waals surface area contributed by atoms with Crippen LogP contribution in [0.15, 0.2) is 42.5 Å². The number of fused-ring (bicyclic) bond motifs is 5. The summed E-state index contributed by atoms with van der Waals surface area (Å²) in [5.41, 5.74) is 0.307. The highest BCUT2D eigenvalue weighted by atomic mass is 79.9. The van der Waals surface area contributed by atoms with Crippen LogP contribution in [0.25, 0.3) is 0 Å². The summed E-state index contributed by atoms with van der Waals surface area (Å²) in [5, 5.41) is 2.65. The van der Waals surface area contributed by atoms with Gasteiger partial charge in [0.25, 0.3) is 17.7 Å². The van der Waals surface area contributed by atoms with E-state index in [0.29, 0.717) is 10.0 Å². The van der Waals surface area contributed by atoms with Crippen molar-refractivity contribution in [2.75, 3.05) is 0 Å². The van der Waals surface area contributed by atoms with E-state index in [0.717, 1.165) is 16.4 Å². The fraction of sp³-hybridized carbons (Fsp3) is 0.360. The Morgan fingerprint density at radius 2 is 1.44 bits per heavy atom. The van der Waals surface area contributed by atoms with Crippen LogP contribution in [-0.2, 0) is 9.59 Å². The number of benzene rings is 2. The van der Waals surface area contributed by atoms with Crippen LogP contribution in [0.2, 0.25) is 15.1 Å². The largest absolute Gasteiger partial charge is 0.292 e. The Hall–Kier alpha value is -1.45. The maximum atomic E-state index is 13.9. The molecule has 188 valence electrons. The Morgan fingerprint density at radius 1 is 0.917 bits per heavy atom. The first-order chi connectivity index (χ1) is 17.0. The van der Waals surface area contributed by atoms with Gasteiger partial charge in [-0.25, -0.2) is 5.01 Å². The number of hydrogen-bond acceptors (Lipinski definition) is 4. The molecule has 1 saturated heterocycles. The van der Waals surface area contributed by atoms with E-state index in [2.05, 4.69) is 31.9 Å². The quantitative estimate of drug-likeness (QED) is 0.220. The third-order valence-corrected chi connectivity index (χ3v) is 11.4. The Labute approximate surface area is 239 Å². The van der Waals surface area contributed by atoms with Crippen LogP contribution < -0.4 is 0 Å². The van der Waals surface area contributed by atoms with E-state index >= 15 is 0 Å². The number of carbonyl (C=O) groups is 4. The number of hydrazine groups is 1. The van der Waals surface area contributed by atoms with E-state index in [4.69, 9.17) is 34.8 Å². The van der Waals surface area contributed by atoms with Crippen LogP contribution in [-0.4, -0.2) is 49.2 Å². The highest BCUT2D eigenvalue weighted by Gasteiger charge is 2.68. The van der Waals surface area contributed by atoms with Crippen molar-refractivity contribution >= 4 is 90.2 Å². The van der Waals surface area contributed by atoms with E-state index in [1.165, 1.54) is 37.3 Å². The summed E-state index contributed by atoms with van der Waals surface area (Å²) in [6, 6.07) is 9.30. The molecule has 0 N–H and O–H groups in total. The number of ketones is 1. The number of rotatable bonds is 5. The van der Waals surface area contributed by atoms with Gasteiger partial charge in [-0.3, -0.25) is 19.2 Å². The second-order valence-corrected chi connectivity index (χ2v) is 12.7. The predicted molar refractivity (Wildman–Crippen MR) is 144 cm³/mol. The lowest BCUT2D eigenvalue weighted by Gasteiger charge is -2.35. The molecule has 1 heterocycles. The monoisotopic (exact) mass is 674 g/mol. The van der Waals surface area contributed by atoms with Crippen molar-refractivity contribution in [1.29, 1.82) is 0 Å². The molecule has 2 aromatic rings. The van der Waals surface area contributed by atoms with Crippen LogP contribution in [0.5, 0.6) is 0 Å². The first kappa shape index (κ1) is 26.2. The minimum Gasteiger partial charge on any atom is -0.292 e. The molecule has 1 aliphatic heterocycles. The predicted octanol–water partition coefficient (Wildman–Crippen LogP) is 6.05. The smallest absolute Gasteiger partial charge is 0.275 e. The summed E-state index contributed by atoms with van der Waals surface area (Å²) in [6.07, 6.45) is 0.739. The maximum Gasteiger partial charge on any atom is 0.275 e. The van der Waals surface area contributed by atoms with Crippen LogP contribution in [0.3, 0.4) is 0 Å². The standard InChI is InChI=1S/C25H19Br2Cl3N2O4/c1-10(22(33)11-2-4-12(28)5-3-11)31(23(34)14-7-6-13(29)8-17(14)30)32-24(35)18-15-9-16(19(18)25(32)36)21(27)20(15)26/h2-8,10,15-16,18-21H,9H2,1H3/t10-,15-,16-,18-,19-,20+,21+/m1/s1. The average Bonchev–Trinajstić information content (AvgIpc) is 3.45. The molecule has 2 bridgehead atoms. The molecule has 2 saturated carbocycles. The van der Waals surface area contributed by atoms with Crippen LogP contribution >= 0.6 is 66.7 Å². The zero-order valence-corrected chi connectivity index (χ0v) is 24.1. The molecule has 0 unspecified atom stereocenters. The van der Waals surface area contributed by atoms with Gasteiger partial charge >= 0.3 is 0 Å². The lowest BCUT2D eigenvalue weighted by atomic mass is 9.81. The van der Waals surface area contributed by atoms with Gasteiger partial charge in [-0.2, -0.15) is 5.01 Å². The van der Waals surface area contributed by atoms with Crippen molar-refractivity contribution in [3.05, 3.63) is 68.7 Å². The molecule has 5 rings (SSSR count). The average molecular weight is 678 g/mol. The van der Waals surface area contributed by atoms with Crippen molar-refractivity contribution in [2.45, 2.75) is 29.0 Å². The lowest BCUT2D eigenvalue weighted by molar-refractivity contribution is -0.157. The number of amides is 3. The molecule has 0 spiro atoms. The van der Waals surface area contributed by atoms with E-state index < -0.39 is 41.4 Å². The van der Waals surface area contributed by atoms with Crippen molar-refractivity contribution in [1.82, 2.24) is 10.0 Å². The molecule has 0 radical (unpaired) electrons. The Kier molecular flexibility index (Phi) is 7.05. The van der Waals surface area contributed by atoms with Crippen molar-refractivity contribution in [3.63, 3.8) is 0 Å². The number of imide groups is 1. The minimum atomic E-state index is -1.19. The molecular formula is C25H19Br2Cl3N2O4. The normalized spacial score (nSPS) is 29.4. The molecule has 3 amide bonds. The highest BCUT2D eigenvalue weighted by molar-refractivity contribution is 9.12. The van der Waals surface area contributed by atoms with E-state index in [9.17, 15) is 19.2 Å². The number of alkyl halides is 2. The van der Waals surface area contributed by atoms with Gasteiger partial charge in [0.15, 0.2) is 5.78 Å². The van der Waals surface area contributed by atoms with Gasteiger partial charge in [0.2, 0.25) is 0 Å². The second-order valence-electron chi connectivity index (χ2n) is 9.31. The Balaban J connectivity index is 1.57. The third kappa shape index (κ3) is 4.04. The molecule has 7 atom stereocenters. The van der Waals surface area contributed by atoms with Crippen molar-refractivity contribution in [3.8, 4) is 0 Å². The van der Waals surface area contributed by atoms with Crippen molar-refractivity contribution in [2.24, 2.45) is 23.7 Å². The molecular weight excluding hydrogens is 658 g/mol. The molecule has 2 aromatic carbocycles. The van der Waals surface area contributed by atoms with Gasteiger partial charge in [0, 0.05) is 25.3 Å². The molecule has 6 nitrogen and oxygen atoms in total. The number of carbonyl (C=O) groups excluding carboxylic acids is 4. The first-order valence-corrected chi connectivity index (χ1v) is 14.2. The maximum absolute atomic E-state index is 13.9. The lowest BCUT2D eigenvalue weighted by Crippen LogP contribution is -2.57. The summed E-state index contributed by atoms with van der Waals surface area (Å²) >= 11 is 25.6. The fourth-order valence-corrected chi connectivity index (χ4v) is 8.23. The Morgan fingerprint density at radius 3 is 1.97 bits per heavy atom. The topological polar surface area (TPSA) is 74.8 Å². The van der Waals surface area contributed by atoms with Crippen LogP contribution in [0, 0.1) is 23.7 Å². The number of Topliss-reactive ketones (excluding diaryl/α,β-unsaturated/α-hetero) is 1. The molecule has 2 aliphatic carbocycles. The minimum absolute atomic E-state index is 0.0224. The summed E-state index contributed by atoms with van der Waals surface area (Å²) in [5.74, 6) is -3.38. The van der Waals surface area contributed by atoms with Gasteiger partial charge in [0.05, 0.1) is 22.4 Å². The fourth-order valence-electron chi connectivity index (χ4n) is 5.74. The van der Waals surface area contributed by atoms with Crippen LogP contribution in [0.1, 0.15) is 34.1 Å². The van der Waals surface area contributed by atoms with Crippen molar-refractivity contribution < 1.29 is 19.2 Å². The molecule has 11 heteroatoms. The van der Waals surface area contributed by atoms with Gasteiger partial charge < -0.3 is 0 Å². The molecule has 3 aliphatic rings. The van der Waals surface area contributed by atoms with Gasteiger partial charge in [-0.15, -0.1) is 0 Å². The zero-order chi connectivity index (χ0) is 26.0. The van der Waals surface area contributed by atoms with E-state index in [1.807, 2.05) is 0 Å². The summed E-state index contributed by atoms with van der Waals surface area (Å²) in [6.45, 7) is 1.49. The highest BCUT2D eigenvalue weighted by Crippen LogP contribution is 2.60. The first-order valence-electron chi connectivity index (χ1n) is 11.3. The number of halogens is 5. The third-order valence-electron chi connectivity index (χ3n) is 7.42. The summed E-state index contributed by atoms with van der Waals surface area (Å²) in [4.78, 5) is 54.9. The zero-order valence-electron chi connectivity index (χ0n) is 18.7. The number of nitrogens with zero attached hydrogens (tertiary/aromatic N) is 2. The van der Waals surface area contributed by atoms with Gasteiger partial charge in [0.1, 0.15) is 6.04 Å². The molecule has 3 fully saturated rings. The summed E-state index contributed by atoms with van der Waals surface area (Å²) < 4.78 is 0. The molecule has 0 aromatic heterocycles. The van der Waals surface area contributed by atoms with Crippen LogP contribution in [0.4, 0.5) is 0 Å². The van der Waals surface area contributed by atoms with Gasteiger partial charge in [-0.1, -0.05) is 66.7 Å². The molecule has 36 heavy (non-hydrogen) atoms.